The lowest BCUT2D eigenvalue weighted by Gasteiger charge is -2.28. The van der Waals surface area contributed by atoms with E-state index in [-0.39, 0.29) is 28.2 Å². The normalized spacial score (nSPS) is 23.8. The maximum atomic E-state index is 12.8. The summed E-state index contributed by atoms with van der Waals surface area (Å²) in [7, 11) is 0. The summed E-state index contributed by atoms with van der Waals surface area (Å²) in [6.45, 7) is 6.41. The first-order valence-electron chi connectivity index (χ1n) is 9.14. The molecular weight excluding hydrogens is 322 g/mol. The third kappa shape index (κ3) is 3.58. The van der Waals surface area contributed by atoms with Gasteiger partial charge in [0.15, 0.2) is 0 Å². The van der Waals surface area contributed by atoms with E-state index in [0.717, 1.165) is 24.2 Å². The molecule has 1 aromatic heterocycles. The number of aromatic nitrogens is 2. The lowest BCUT2D eigenvalue weighted by molar-refractivity contribution is -0.113. The topological polar surface area (TPSA) is 66.9 Å². The molecule has 2 heterocycles. The van der Waals surface area contributed by atoms with Gasteiger partial charge < -0.3 is 5.32 Å². The monoisotopic (exact) mass is 351 g/mol. The van der Waals surface area contributed by atoms with E-state index >= 15 is 0 Å². The second-order valence-electron chi connectivity index (χ2n) is 8.18. The molecule has 6 heteroatoms. The van der Waals surface area contributed by atoms with Gasteiger partial charge in [0.2, 0.25) is 5.91 Å². The lowest BCUT2D eigenvalue weighted by atomic mass is 9.88. The second-order valence-corrected chi connectivity index (χ2v) is 9.27. The number of amides is 1. The molecule has 1 atom stereocenters. The predicted octanol–water partition coefficient (Wildman–Crippen LogP) is 4.23. The van der Waals surface area contributed by atoms with Crippen molar-refractivity contribution in [3.05, 3.63) is 15.9 Å². The van der Waals surface area contributed by atoms with Gasteiger partial charge in [-0.25, -0.2) is 0 Å². The van der Waals surface area contributed by atoms with E-state index in [1.54, 1.807) is 11.8 Å². The highest BCUT2D eigenvalue weighted by Crippen LogP contribution is 2.47. The fourth-order valence-electron chi connectivity index (χ4n) is 3.89. The molecule has 2 aliphatic rings. The largest absolute Gasteiger partial charge is 0.310 e. The molecule has 5 nitrogen and oxygen atoms in total. The number of nitrogens with one attached hydrogen (secondary N) is 2. The summed E-state index contributed by atoms with van der Waals surface area (Å²) in [6.07, 6.45) is 8.34. The molecule has 0 spiro atoms. The van der Waals surface area contributed by atoms with Gasteiger partial charge >= 0.3 is 0 Å². The van der Waals surface area contributed by atoms with Gasteiger partial charge in [-0.15, -0.1) is 11.8 Å². The number of hydrogen-bond donors (Lipinski definition) is 2. The maximum absolute atomic E-state index is 12.8. The van der Waals surface area contributed by atoms with Crippen LogP contribution in [0, 0.1) is 5.41 Å². The van der Waals surface area contributed by atoms with Crippen LogP contribution in [0.15, 0.2) is 4.79 Å². The van der Waals surface area contributed by atoms with Crippen molar-refractivity contribution in [3.63, 3.8) is 0 Å². The quantitative estimate of drug-likeness (QED) is 0.795. The van der Waals surface area contributed by atoms with E-state index < -0.39 is 0 Å². The highest BCUT2D eigenvalue weighted by molar-refractivity contribution is 8.00. The van der Waals surface area contributed by atoms with E-state index in [1.807, 2.05) is 4.68 Å². The molecule has 1 fully saturated rings. The van der Waals surface area contributed by atoms with Crippen molar-refractivity contribution in [1.82, 2.24) is 9.78 Å². The van der Waals surface area contributed by atoms with Crippen LogP contribution < -0.4 is 10.9 Å². The Morgan fingerprint density at radius 3 is 2.29 bits per heavy atom. The number of thioether (sulfide) groups is 1. The highest BCUT2D eigenvalue weighted by Gasteiger charge is 2.37. The van der Waals surface area contributed by atoms with Gasteiger partial charge in [-0.1, -0.05) is 52.9 Å². The minimum absolute atomic E-state index is 0.00778. The molecule has 24 heavy (non-hydrogen) atoms. The molecule has 1 saturated carbocycles. The van der Waals surface area contributed by atoms with Crippen LogP contribution >= 0.6 is 11.8 Å². The number of carbonyl (C=O) groups is 1. The van der Waals surface area contributed by atoms with Crippen LogP contribution in [0.2, 0.25) is 0 Å². The Morgan fingerprint density at radius 2 is 1.67 bits per heavy atom. The Labute approximate surface area is 147 Å². The average molecular weight is 352 g/mol. The van der Waals surface area contributed by atoms with Gasteiger partial charge in [0, 0.05) is 5.25 Å². The summed E-state index contributed by atoms with van der Waals surface area (Å²) >= 11 is 1.58. The van der Waals surface area contributed by atoms with Crippen molar-refractivity contribution in [2.45, 2.75) is 77.0 Å². The molecular formula is C18H29N3O2S. The van der Waals surface area contributed by atoms with Gasteiger partial charge in [-0.05, 0) is 18.3 Å². The van der Waals surface area contributed by atoms with Gasteiger partial charge in [0.05, 0.1) is 17.4 Å². The van der Waals surface area contributed by atoms with Crippen molar-refractivity contribution < 1.29 is 4.79 Å². The number of carbonyl (C=O) groups excluding carboxylic acids is 1. The molecule has 0 radical (unpaired) electrons. The zero-order chi connectivity index (χ0) is 17.3. The van der Waals surface area contributed by atoms with E-state index in [4.69, 9.17) is 0 Å². The molecule has 1 aliphatic carbocycles. The number of hydrogen-bond acceptors (Lipinski definition) is 3. The Kier molecular flexibility index (Phi) is 5.13. The van der Waals surface area contributed by atoms with Crippen molar-refractivity contribution in [3.8, 4) is 0 Å². The molecule has 1 aromatic rings. The van der Waals surface area contributed by atoms with E-state index in [1.165, 1.54) is 32.1 Å². The van der Waals surface area contributed by atoms with Crippen LogP contribution in [-0.4, -0.2) is 21.4 Å². The van der Waals surface area contributed by atoms with Crippen LogP contribution in [-0.2, 0) is 4.79 Å². The molecule has 0 unspecified atom stereocenters. The Bertz CT molecular complexity index is 648. The minimum atomic E-state index is -0.0775. The first kappa shape index (κ1) is 17.6. The minimum Gasteiger partial charge on any atom is -0.310 e. The van der Waals surface area contributed by atoms with Crippen LogP contribution in [0.1, 0.15) is 82.6 Å². The molecule has 0 bridgehead atoms. The second kappa shape index (κ2) is 6.98. The fourth-order valence-corrected chi connectivity index (χ4v) is 5.17. The van der Waals surface area contributed by atoms with E-state index in [9.17, 15) is 9.59 Å². The van der Waals surface area contributed by atoms with Crippen molar-refractivity contribution in [2.75, 3.05) is 11.1 Å². The third-order valence-electron chi connectivity index (χ3n) is 5.09. The smallest absolute Gasteiger partial charge is 0.270 e. The van der Waals surface area contributed by atoms with Gasteiger partial charge in [-0.3, -0.25) is 19.4 Å². The zero-order valence-electron chi connectivity index (χ0n) is 15.0. The molecule has 1 amide bonds. The van der Waals surface area contributed by atoms with Crippen molar-refractivity contribution in [1.29, 1.82) is 0 Å². The van der Waals surface area contributed by atoms with Gasteiger partial charge in [0.1, 0.15) is 5.82 Å². The fraction of sp³-hybridized carbons (Fsp3) is 0.778. The summed E-state index contributed by atoms with van der Waals surface area (Å²) in [5.41, 5.74) is 0.633. The number of nitrogens with zero attached hydrogens (tertiary/aromatic N) is 1. The first-order valence-corrected chi connectivity index (χ1v) is 10.2. The Morgan fingerprint density at radius 1 is 1.04 bits per heavy atom. The SMILES string of the molecule is CC(C)(C)[C@@H]1SCC(=O)Nc2c1c(=O)[nH]n2C1CCCCCCC1. The molecule has 0 saturated heterocycles. The number of aromatic amines is 1. The van der Waals surface area contributed by atoms with Gasteiger partial charge in [-0.2, -0.15) is 0 Å². The number of fused-ring (bicyclic) bond motifs is 1. The van der Waals surface area contributed by atoms with Crippen LogP contribution in [0.4, 0.5) is 5.82 Å². The van der Waals surface area contributed by atoms with Crippen molar-refractivity contribution in [2.24, 2.45) is 5.41 Å². The zero-order valence-corrected chi connectivity index (χ0v) is 15.8. The van der Waals surface area contributed by atoms with Crippen LogP contribution in [0.5, 0.6) is 0 Å². The number of H-pyrrole nitrogens is 1. The Balaban J connectivity index is 2.03. The predicted molar refractivity (Wildman–Crippen MR) is 99.7 cm³/mol. The van der Waals surface area contributed by atoms with Crippen LogP contribution in [0.3, 0.4) is 0 Å². The van der Waals surface area contributed by atoms with Crippen LogP contribution in [0.25, 0.3) is 0 Å². The number of rotatable bonds is 1. The summed E-state index contributed by atoms with van der Waals surface area (Å²) in [6, 6.07) is 0.283. The molecule has 134 valence electrons. The summed E-state index contributed by atoms with van der Waals surface area (Å²) in [4.78, 5) is 25.0. The maximum Gasteiger partial charge on any atom is 0.270 e. The summed E-state index contributed by atoms with van der Waals surface area (Å²) in [5.74, 6) is 1.12. The molecule has 3 rings (SSSR count). The third-order valence-corrected chi connectivity index (χ3v) is 6.80. The summed E-state index contributed by atoms with van der Waals surface area (Å²) in [5, 5.41) is 6.09. The van der Waals surface area contributed by atoms with Crippen molar-refractivity contribution >= 4 is 23.5 Å². The molecule has 0 aromatic carbocycles. The number of anilines is 1. The highest BCUT2D eigenvalue weighted by atomic mass is 32.2. The van der Waals surface area contributed by atoms with E-state index in [2.05, 4.69) is 31.2 Å². The molecule has 1 aliphatic heterocycles. The Hall–Kier alpha value is -1.17. The lowest BCUT2D eigenvalue weighted by Crippen LogP contribution is -2.21. The average Bonchev–Trinajstić information content (AvgIpc) is 2.65. The van der Waals surface area contributed by atoms with E-state index in [0.29, 0.717) is 5.75 Å². The standard InChI is InChI=1S/C18H29N3O2S/c1-18(2,3)15-14-16(19-13(22)11-24-15)21(20-17(14)23)12-9-7-5-4-6-8-10-12/h12,15H,4-11H2,1-3H3,(H,19,22)(H,20,23)/t15-/m1/s1. The first-order chi connectivity index (χ1) is 11.4. The molecule has 2 N–H and O–H groups in total. The summed E-state index contributed by atoms with van der Waals surface area (Å²) < 4.78 is 1.98. The van der Waals surface area contributed by atoms with Gasteiger partial charge in [0.25, 0.3) is 5.56 Å².